The molecule has 0 spiro atoms. The molecule has 1 saturated heterocycles. The molecule has 1 fully saturated rings. The van der Waals surface area contributed by atoms with Gasteiger partial charge in [-0.15, -0.1) is 0 Å². The number of nitrogens with zero attached hydrogens (tertiary/aromatic N) is 2. The first kappa shape index (κ1) is 31.7. The van der Waals surface area contributed by atoms with Crippen molar-refractivity contribution in [1.29, 1.82) is 0 Å². The van der Waals surface area contributed by atoms with E-state index in [0.29, 0.717) is 12.0 Å². The number of ether oxygens (including phenoxy) is 1. The third-order valence-corrected chi connectivity index (χ3v) is 8.89. The van der Waals surface area contributed by atoms with Crippen LogP contribution in [0.1, 0.15) is 57.4 Å². The SMILES string of the molecule is CC(C)Cc1ccccc1N1[CH-]N([C@@H](C)c2cccc3ccccc23)CC1.CC(C)Oc1ccccc1[CH]=[Ru]([Cl])[Cl]. The van der Waals surface area contributed by atoms with Crippen LogP contribution in [0.15, 0.2) is 91.0 Å². The van der Waals surface area contributed by atoms with Gasteiger partial charge in [-0.25, -0.2) is 0 Å². The molecule has 1 atom stereocenters. The molecule has 0 bridgehead atoms. The summed E-state index contributed by atoms with van der Waals surface area (Å²) in [4.78, 5) is 4.91. The summed E-state index contributed by atoms with van der Waals surface area (Å²) in [6, 6.07) is 32.4. The van der Waals surface area contributed by atoms with Gasteiger partial charge in [0.2, 0.25) is 0 Å². The van der Waals surface area contributed by atoms with Gasteiger partial charge < -0.3 is 9.80 Å². The average Bonchev–Trinajstić information content (AvgIpc) is 3.43. The van der Waals surface area contributed by atoms with Crippen LogP contribution < -0.4 is 9.64 Å². The Kier molecular flexibility index (Phi) is 11.8. The molecule has 41 heavy (non-hydrogen) atoms. The van der Waals surface area contributed by atoms with Gasteiger partial charge in [0.15, 0.2) is 0 Å². The predicted octanol–water partition coefficient (Wildman–Crippen LogP) is 9.59. The second kappa shape index (κ2) is 15.3. The molecule has 0 radical (unpaired) electrons. The van der Waals surface area contributed by atoms with Crippen molar-refractivity contribution in [1.82, 2.24) is 4.90 Å². The van der Waals surface area contributed by atoms with Gasteiger partial charge in [-0.05, 0) is 53.8 Å². The summed E-state index contributed by atoms with van der Waals surface area (Å²) in [5, 5.41) is 2.68. The molecule has 6 heteroatoms. The van der Waals surface area contributed by atoms with Gasteiger partial charge in [0, 0.05) is 18.3 Å². The summed E-state index contributed by atoms with van der Waals surface area (Å²) in [6.45, 7) is 15.3. The summed E-state index contributed by atoms with van der Waals surface area (Å²) < 4.78 is 7.51. The molecule has 220 valence electrons. The molecular weight excluding hydrogens is 636 g/mol. The number of rotatable bonds is 8. The Morgan fingerprint density at radius 1 is 0.829 bits per heavy atom. The van der Waals surface area contributed by atoms with Crippen LogP contribution in [0.25, 0.3) is 10.8 Å². The van der Waals surface area contributed by atoms with Crippen LogP contribution in [-0.4, -0.2) is 28.7 Å². The fraction of sp³-hybridized carbons (Fsp3) is 0.314. The van der Waals surface area contributed by atoms with Gasteiger partial charge in [0.25, 0.3) is 0 Å². The molecular formula is C35H41Cl2N2ORu-. The molecule has 1 heterocycles. The molecule has 1 aliphatic heterocycles. The number of fused-ring (bicyclic) bond motifs is 1. The Bertz CT molecular complexity index is 1450. The summed E-state index contributed by atoms with van der Waals surface area (Å²) in [5.41, 5.74) is 5.20. The maximum absolute atomic E-state index is 5.82. The van der Waals surface area contributed by atoms with Crippen molar-refractivity contribution in [3.8, 4) is 5.75 Å². The van der Waals surface area contributed by atoms with Crippen LogP contribution in [0.4, 0.5) is 5.69 Å². The molecule has 5 rings (SSSR count). The van der Waals surface area contributed by atoms with E-state index in [1.807, 2.05) is 42.7 Å². The van der Waals surface area contributed by atoms with E-state index in [1.165, 1.54) is 27.6 Å². The summed E-state index contributed by atoms with van der Waals surface area (Å²) in [5.74, 6) is 1.52. The average molecular weight is 678 g/mol. The number of benzene rings is 4. The van der Waals surface area contributed by atoms with E-state index in [-0.39, 0.29) is 6.10 Å². The van der Waals surface area contributed by atoms with E-state index in [4.69, 9.17) is 24.1 Å². The van der Waals surface area contributed by atoms with Crippen molar-refractivity contribution >= 4 is 40.5 Å². The van der Waals surface area contributed by atoms with Crippen LogP contribution in [-0.2, 0) is 19.9 Å². The fourth-order valence-corrected chi connectivity index (χ4v) is 7.01. The number of halogens is 2. The third kappa shape index (κ3) is 8.88. The van der Waals surface area contributed by atoms with Gasteiger partial charge >= 0.3 is 97.8 Å². The van der Waals surface area contributed by atoms with Gasteiger partial charge in [-0.3, -0.25) is 0 Å². The Balaban J connectivity index is 0.000000234. The van der Waals surface area contributed by atoms with Crippen molar-refractivity contribution in [3.05, 3.63) is 114 Å². The Labute approximate surface area is 259 Å². The van der Waals surface area contributed by atoms with E-state index in [2.05, 4.69) is 104 Å². The van der Waals surface area contributed by atoms with Gasteiger partial charge in [-0.1, -0.05) is 74.5 Å². The van der Waals surface area contributed by atoms with E-state index in [9.17, 15) is 0 Å². The zero-order valence-electron chi connectivity index (χ0n) is 24.6. The monoisotopic (exact) mass is 677 g/mol. The van der Waals surface area contributed by atoms with Crippen LogP contribution in [0.3, 0.4) is 0 Å². The van der Waals surface area contributed by atoms with Gasteiger partial charge in [0.1, 0.15) is 0 Å². The van der Waals surface area contributed by atoms with Crippen LogP contribution in [0.5, 0.6) is 5.75 Å². The Morgan fingerprint density at radius 3 is 2.27 bits per heavy atom. The molecule has 0 amide bonds. The first-order chi connectivity index (χ1) is 19.7. The molecule has 0 aromatic heterocycles. The molecule has 0 N–H and O–H groups in total. The zero-order valence-corrected chi connectivity index (χ0v) is 27.8. The molecule has 1 aliphatic rings. The molecule has 0 unspecified atom stereocenters. The third-order valence-electron chi connectivity index (χ3n) is 7.06. The van der Waals surface area contributed by atoms with Crippen LogP contribution >= 0.6 is 19.4 Å². The van der Waals surface area contributed by atoms with Gasteiger partial charge in [0.05, 0.1) is 0 Å². The summed E-state index contributed by atoms with van der Waals surface area (Å²) in [6.07, 6.45) is 1.29. The van der Waals surface area contributed by atoms with Crippen LogP contribution in [0, 0.1) is 12.6 Å². The van der Waals surface area contributed by atoms with Crippen LogP contribution in [0.2, 0.25) is 0 Å². The second-order valence-corrected chi connectivity index (χ2v) is 16.8. The zero-order chi connectivity index (χ0) is 29.4. The van der Waals surface area contributed by atoms with E-state index in [1.54, 1.807) is 0 Å². The van der Waals surface area contributed by atoms with Crippen molar-refractivity contribution in [3.63, 3.8) is 0 Å². The number of hydrogen-bond donors (Lipinski definition) is 0. The second-order valence-electron chi connectivity index (χ2n) is 11.0. The minimum absolute atomic E-state index is 0.163. The summed E-state index contributed by atoms with van der Waals surface area (Å²) in [7, 11) is 11.6. The number of para-hydroxylation sites is 2. The van der Waals surface area contributed by atoms with E-state index in [0.717, 1.165) is 30.8 Å². The molecule has 4 aromatic rings. The number of hydrogen-bond acceptors (Lipinski definition) is 3. The molecule has 3 nitrogen and oxygen atoms in total. The minimum atomic E-state index is -1.77. The first-order valence-electron chi connectivity index (χ1n) is 14.2. The predicted molar refractivity (Wildman–Crippen MR) is 175 cm³/mol. The van der Waals surface area contributed by atoms with E-state index < -0.39 is 13.5 Å². The normalized spacial score (nSPS) is 14.7. The first-order valence-corrected chi connectivity index (χ1v) is 19.7. The topological polar surface area (TPSA) is 15.7 Å². The standard InChI is InChI=1S/C25H29N2.C10H12O.2ClH.Ru/c1-19(2)17-22-10-5-7-14-25(22)27-16-15-26(18-27)20(3)23-13-8-11-21-9-4-6-12-24(21)23;1-8(2)11-10-7-5-4-6-9(10)3;;;/h4-14,18-20H,15-17H2,1-3H3;3-8H,1-2H3;2*1H;/q-1;;;;+2/p-2/t20-;;;;/m0..../s1. The van der Waals surface area contributed by atoms with Crippen molar-refractivity contribution < 1.29 is 18.3 Å². The quantitative estimate of drug-likeness (QED) is 0.137. The van der Waals surface area contributed by atoms with Crippen molar-refractivity contribution in [2.75, 3.05) is 18.0 Å². The Morgan fingerprint density at radius 2 is 1.51 bits per heavy atom. The van der Waals surface area contributed by atoms with Gasteiger partial charge in [-0.2, -0.15) is 6.67 Å². The maximum atomic E-state index is 5.82. The van der Waals surface area contributed by atoms with E-state index >= 15 is 0 Å². The molecule has 0 saturated carbocycles. The summed E-state index contributed by atoms with van der Waals surface area (Å²) >= 11 is -1.77. The fourth-order valence-electron chi connectivity index (χ4n) is 5.20. The molecule has 0 aliphatic carbocycles. The molecule has 4 aromatic carbocycles. The number of anilines is 1. The van der Waals surface area contributed by atoms with Crippen molar-refractivity contribution in [2.45, 2.75) is 53.2 Å². The Hall–Kier alpha value is -2.23. The van der Waals surface area contributed by atoms with Crippen molar-refractivity contribution in [2.24, 2.45) is 5.92 Å².